The van der Waals surface area contributed by atoms with Crippen LogP contribution in [0.25, 0.3) is 0 Å². The molecule has 0 bridgehead atoms. The van der Waals surface area contributed by atoms with Crippen molar-refractivity contribution in [3.63, 3.8) is 0 Å². The van der Waals surface area contributed by atoms with Crippen LogP contribution in [0.2, 0.25) is 5.02 Å². The number of amides is 1. The molecule has 0 spiro atoms. The Labute approximate surface area is 136 Å². The molecule has 4 nitrogen and oxygen atoms in total. The molecule has 2 rings (SSSR count). The van der Waals surface area contributed by atoms with Crippen LogP contribution >= 0.6 is 11.6 Å². The number of alkyl halides is 3. The van der Waals surface area contributed by atoms with Crippen LogP contribution in [0.3, 0.4) is 0 Å². The largest absolute Gasteiger partial charge is 0.393 e. The first-order chi connectivity index (χ1) is 10.8. The van der Waals surface area contributed by atoms with E-state index in [4.69, 9.17) is 11.6 Å². The molecule has 1 atom stereocenters. The Morgan fingerprint density at radius 3 is 2.65 bits per heavy atom. The van der Waals surface area contributed by atoms with Gasteiger partial charge >= 0.3 is 6.18 Å². The van der Waals surface area contributed by atoms with E-state index in [9.17, 15) is 22.8 Å². The number of ketones is 1. The molecule has 1 aliphatic heterocycles. The summed E-state index contributed by atoms with van der Waals surface area (Å²) in [5.74, 6) is -2.24. The van der Waals surface area contributed by atoms with Gasteiger partial charge in [0.05, 0.1) is 10.9 Å². The summed E-state index contributed by atoms with van der Waals surface area (Å²) in [7, 11) is 0. The molecule has 126 valence electrons. The van der Waals surface area contributed by atoms with Gasteiger partial charge in [0.1, 0.15) is 5.69 Å². The Hall–Kier alpha value is -1.63. The van der Waals surface area contributed by atoms with Gasteiger partial charge in [-0.05, 0) is 25.0 Å². The lowest BCUT2D eigenvalue weighted by atomic mass is 9.97. The number of hydrogen-bond acceptors (Lipinski definition) is 3. The van der Waals surface area contributed by atoms with Gasteiger partial charge in [0.25, 0.3) is 0 Å². The average Bonchev–Trinajstić information content (AvgIpc) is 2.52. The van der Waals surface area contributed by atoms with Crippen LogP contribution in [0.15, 0.2) is 18.3 Å². The highest BCUT2D eigenvalue weighted by Crippen LogP contribution is 2.33. The summed E-state index contributed by atoms with van der Waals surface area (Å²) in [4.78, 5) is 29.0. The summed E-state index contributed by atoms with van der Waals surface area (Å²) >= 11 is 5.67. The molecule has 8 heteroatoms. The van der Waals surface area contributed by atoms with Crippen molar-refractivity contribution in [3.8, 4) is 0 Å². The smallest absolute Gasteiger partial charge is 0.342 e. The lowest BCUT2D eigenvalue weighted by Gasteiger charge is -2.33. The number of aromatic nitrogens is 1. The Morgan fingerprint density at radius 2 is 2.04 bits per heavy atom. The molecule has 0 aromatic carbocycles. The predicted octanol–water partition coefficient (Wildman–Crippen LogP) is 3.50. The lowest BCUT2D eigenvalue weighted by molar-refractivity contribution is -0.188. The van der Waals surface area contributed by atoms with Crippen molar-refractivity contribution in [1.82, 2.24) is 9.88 Å². The van der Waals surface area contributed by atoms with Gasteiger partial charge in [-0.2, -0.15) is 13.2 Å². The van der Waals surface area contributed by atoms with E-state index in [2.05, 4.69) is 4.98 Å². The van der Waals surface area contributed by atoms with E-state index < -0.39 is 18.0 Å². The van der Waals surface area contributed by atoms with E-state index in [1.807, 2.05) is 0 Å². The van der Waals surface area contributed by atoms with Crippen molar-refractivity contribution in [2.45, 2.75) is 31.9 Å². The maximum atomic E-state index is 12.7. The van der Waals surface area contributed by atoms with Gasteiger partial charge in [-0.25, -0.2) is 0 Å². The quantitative estimate of drug-likeness (QED) is 0.782. The first kappa shape index (κ1) is 17.7. The molecule has 1 aliphatic rings. The third-order valence-corrected chi connectivity index (χ3v) is 4.04. The molecule has 0 N–H and O–H groups in total. The van der Waals surface area contributed by atoms with E-state index >= 15 is 0 Å². The Bertz CT molecular complexity index is 575. The van der Waals surface area contributed by atoms with Gasteiger partial charge in [0.15, 0.2) is 5.78 Å². The van der Waals surface area contributed by atoms with Crippen LogP contribution in [-0.2, 0) is 4.79 Å². The fourth-order valence-corrected chi connectivity index (χ4v) is 2.63. The summed E-state index contributed by atoms with van der Waals surface area (Å²) < 4.78 is 38.2. The molecule has 1 saturated heterocycles. The zero-order valence-electron chi connectivity index (χ0n) is 12.3. The number of halogens is 4. The van der Waals surface area contributed by atoms with E-state index in [1.54, 1.807) is 0 Å². The summed E-state index contributed by atoms with van der Waals surface area (Å²) in [6, 6.07) is 2.97. The van der Waals surface area contributed by atoms with Crippen molar-refractivity contribution in [2.75, 3.05) is 13.1 Å². The van der Waals surface area contributed by atoms with Crippen LogP contribution < -0.4 is 0 Å². The van der Waals surface area contributed by atoms with Crippen molar-refractivity contribution in [3.05, 3.63) is 29.0 Å². The molecule has 0 saturated carbocycles. The highest BCUT2D eigenvalue weighted by molar-refractivity contribution is 6.30. The number of nitrogens with zero attached hydrogens (tertiary/aromatic N) is 2. The second-order valence-corrected chi connectivity index (χ2v) is 5.94. The van der Waals surface area contributed by atoms with Crippen LogP contribution in [0, 0.1) is 5.92 Å². The summed E-state index contributed by atoms with van der Waals surface area (Å²) in [6.07, 6.45) is -2.80. The van der Waals surface area contributed by atoms with Crippen molar-refractivity contribution >= 4 is 23.3 Å². The zero-order chi connectivity index (χ0) is 17.0. The first-order valence-electron chi connectivity index (χ1n) is 7.26. The average molecular weight is 349 g/mol. The minimum atomic E-state index is -4.29. The molecular weight excluding hydrogens is 333 g/mol. The number of hydrogen-bond donors (Lipinski definition) is 0. The van der Waals surface area contributed by atoms with Crippen LogP contribution in [0.4, 0.5) is 13.2 Å². The second-order valence-electron chi connectivity index (χ2n) is 5.51. The number of likely N-dealkylation sites (tertiary alicyclic amines) is 1. The molecule has 1 fully saturated rings. The number of rotatable bonds is 4. The predicted molar refractivity (Wildman–Crippen MR) is 78.2 cm³/mol. The topological polar surface area (TPSA) is 50.3 Å². The van der Waals surface area contributed by atoms with Crippen molar-refractivity contribution < 1.29 is 22.8 Å². The second kappa shape index (κ2) is 7.29. The highest BCUT2D eigenvalue weighted by atomic mass is 35.5. The lowest BCUT2D eigenvalue weighted by Crippen LogP contribution is -2.44. The Kier molecular flexibility index (Phi) is 5.62. The number of Topliss-reactive ketones (excluding diaryl/α,β-unsaturated/α-hetero) is 1. The van der Waals surface area contributed by atoms with E-state index in [0.29, 0.717) is 18.0 Å². The van der Waals surface area contributed by atoms with Gasteiger partial charge in [-0.3, -0.25) is 14.6 Å². The highest BCUT2D eigenvalue weighted by Gasteiger charge is 2.42. The first-order valence-corrected chi connectivity index (χ1v) is 7.64. The summed E-state index contributed by atoms with van der Waals surface area (Å²) in [5, 5.41) is 0.393. The van der Waals surface area contributed by atoms with Gasteiger partial charge in [-0.15, -0.1) is 0 Å². The maximum absolute atomic E-state index is 12.7. The molecule has 0 radical (unpaired) electrons. The SMILES string of the molecule is O=C(CCC(=O)N1CCC[C@H](C(F)(F)F)C1)c1ccc(Cl)cn1. The van der Waals surface area contributed by atoms with Gasteiger partial charge in [0.2, 0.25) is 5.91 Å². The normalized spacial score (nSPS) is 18.8. The fourth-order valence-electron chi connectivity index (χ4n) is 2.52. The van der Waals surface area contributed by atoms with Crippen LogP contribution in [0.5, 0.6) is 0 Å². The third-order valence-electron chi connectivity index (χ3n) is 3.82. The molecule has 1 amide bonds. The zero-order valence-corrected chi connectivity index (χ0v) is 13.0. The standard InChI is InChI=1S/C15H16ClF3N2O2/c16-11-3-4-12(20-8-11)13(22)5-6-14(23)21-7-1-2-10(9-21)15(17,18)19/h3-4,8,10H,1-2,5-7,9H2/t10-/m0/s1. The minimum Gasteiger partial charge on any atom is -0.342 e. The number of carbonyl (C=O) groups excluding carboxylic acids is 2. The van der Waals surface area contributed by atoms with Crippen molar-refractivity contribution in [1.29, 1.82) is 0 Å². The maximum Gasteiger partial charge on any atom is 0.393 e. The third kappa shape index (κ3) is 4.92. The summed E-state index contributed by atoms with van der Waals surface area (Å²) in [5.41, 5.74) is 0.189. The van der Waals surface area contributed by atoms with Crippen LogP contribution in [-0.4, -0.2) is 40.8 Å². The van der Waals surface area contributed by atoms with E-state index in [-0.39, 0.29) is 37.3 Å². The Balaban J connectivity index is 1.87. The van der Waals surface area contributed by atoms with E-state index in [1.165, 1.54) is 23.2 Å². The fraction of sp³-hybridized carbons (Fsp3) is 0.533. The molecule has 1 aromatic rings. The number of piperidine rings is 1. The number of pyridine rings is 1. The summed E-state index contributed by atoms with van der Waals surface area (Å²) in [6.45, 7) is -0.0193. The molecular formula is C15H16ClF3N2O2. The van der Waals surface area contributed by atoms with Gasteiger partial charge in [0, 0.05) is 32.1 Å². The molecule has 2 heterocycles. The molecule has 1 aromatic heterocycles. The monoisotopic (exact) mass is 348 g/mol. The van der Waals surface area contributed by atoms with E-state index in [0.717, 1.165) is 0 Å². The molecule has 0 aliphatic carbocycles. The van der Waals surface area contributed by atoms with Crippen LogP contribution in [0.1, 0.15) is 36.2 Å². The molecule has 23 heavy (non-hydrogen) atoms. The van der Waals surface area contributed by atoms with Crippen molar-refractivity contribution in [2.24, 2.45) is 5.92 Å². The Morgan fingerprint density at radius 1 is 1.30 bits per heavy atom. The molecule has 0 unspecified atom stereocenters. The van der Waals surface area contributed by atoms with Gasteiger partial charge < -0.3 is 4.90 Å². The minimum absolute atomic E-state index is 0.0426. The van der Waals surface area contributed by atoms with Gasteiger partial charge in [-0.1, -0.05) is 11.6 Å². The number of carbonyl (C=O) groups is 2.